The van der Waals surface area contributed by atoms with E-state index in [-0.39, 0.29) is 27.7 Å². The summed E-state index contributed by atoms with van der Waals surface area (Å²) >= 11 is 6.78. The van der Waals surface area contributed by atoms with Gasteiger partial charge in [-0.2, -0.15) is 0 Å². The van der Waals surface area contributed by atoms with Crippen LogP contribution in [0.25, 0.3) is 0 Å². The predicted octanol–water partition coefficient (Wildman–Crippen LogP) is 3.21. The normalized spacial score (nSPS) is 16.2. The van der Waals surface area contributed by atoms with E-state index >= 15 is 0 Å². The van der Waals surface area contributed by atoms with Gasteiger partial charge in [-0.25, -0.2) is 0 Å². The maximum Gasteiger partial charge on any atom is 0.286 e. The third-order valence-electron chi connectivity index (χ3n) is 4.81. The second-order valence-electron chi connectivity index (χ2n) is 7.11. The van der Waals surface area contributed by atoms with E-state index in [9.17, 15) is 14.4 Å². The summed E-state index contributed by atoms with van der Waals surface area (Å²) in [6.45, 7) is 3.63. The van der Waals surface area contributed by atoms with Crippen molar-refractivity contribution in [2.45, 2.75) is 32.6 Å². The summed E-state index contributed by atoms with van der Waals surface area (Å²) in [5.74, 6) is -0.980. The Morgan fingerprint density at radius 2 is 1.93 bits per heavy atom. The molecule has 3 rings (SSSR count). The summed E-state index contributed by atoms with van der Waals surface area (Å²) in [5, 5.41) is 14.2. The molecule has 8 nitrogen and oxygen atoms in total. The maximum atomic E-state index is 12.8. The lowest BCUT2D eigenvalue weighted by molar-refractivity contribution is -0.126. The van der Waals surface area contributed by atoms with Gasteiger partial charge in [0.25, 0.3) is 11.8 Å². The molecule has 0 radical (unpaired) electrons. The molecule has 1 aromatic carbocycles. The molecule has 1 fully saturated rings. The number of unbranched alkanes of at least 4 members (excludes halogenated alkanes) is 1. The van der Waals surface area contributed by atoms with Crippen LogP contribution in [0.5, 0.6) is 0 Å². The topological polar surface area (TPSA) is 104 Å². The van der Waals surface area contributed by atoms with Gasteiger partial charge in [-0.3, -0.25) is 14.4 Å². The zero-order chi connectivity index (χ0) is 21.5. The molecule has 1 saturated heterocycles. The van der Waals surface area contributed by atoms with E-state index in [1.165, 1.54) is 0 Å². The smallest absolute Gasteiger partial charge is 0.286 e. The fourth-order valence-corrected chi connectivity index (χ4v) is 4.00. The summed E-state index contributed by atoms with van der Waals surface area (Å²) in [6.07, 6.45) is 3.46. The van der Waals surface area contributed by atoms with Gasteiger partial charge in [-0.1, -0.05) is 36.3 Å². The molecule has 2 aromatic rings. The molecule has 30 heavy (non-hydrogen) atoms. The number of benzene rings is 1. The van der Waals surface area contributed by atoms with Gasteiger partial charge in [0.1, 0.15) is 0 Å². The molecule has 2 heterocycles. The van der Waals surface area contributed by atoms with Crippen molar-refractivity contribution in [2.24, 2.45) is 5.92 Å². The zero-order valence-electron chi connectivity index (χ0n) is 16.7. The predicted molar refractivity (Wildman–Crippen MR) is 116 cm³/mol. The quantitative estimate of drug-likeness (QED) is 0.631. The average molecular weight is 450 g/mol. The first-order valence-electron chi connectivity index (χ1n) is 9.95. The van der Waals surface area contributed by atoms with Crippen molar-refractivity contribution in [3.05, 3.63) is 39.3 Å². The molecule has 0 aliphatic carbocycles. The van der Waals surface area contributed by atoms with Gasteiger partial charge in [-0.15, -0.1) is 10.2 Å². The van der Waals surface area contributed by atoms with E-state index in [4.69, 9.17) is 11.6 Å². The van der Waals surface area contributed by atoms with E-state index in [0.717, 1.165) is 37.0 Å². The van der Waals surface area contributed by atoms with Crippen LogP contribution in [-0.2, 0) is 4.79 Å². The third kappa shape index (κ3) is 5.76. The molecule has 0 saturated carbocycles. The van der Waals surface area contributed by atoms with Crippen LogP contribution in [0.2, 0.25) is 5.02 Å². The molecule has 0 bridgehead atoms. The number of carbonyl (C=O) groups excluding carboxylic acids is 3. The van der Waals surface area contributed by atoms with Gasteiger partial charge in [0.2, 0.25) is 15.9 Å². The number of likely N-dealkylation sites (tertiary alicyclic amines) is 1. The number of hydrogen-bond donors (Lipinski definition) is 2. The summed E-state index contributed by atoms with van der Waals surface area (Å²) in [5.41, 5.74) is 0.570. The van der Waals surface area contributed by atoms with E-state index < -0.39 is 5.91 Å². The highest BCUT2D eigenvalue weighted by molar-refractivity contribution is 7.15. The van der Waals surface area contributed by atoms with Crippen LogP contribution in [0.15, 0.2) is 24.3 Å². The van der Waals surface area contributed by atoms with Crippen LogP contribution in [0.3, 0.4) is 0 Å². The first-order valence-corrected chi connectivity index (χ1v) is 11.1. The minimum absolute atomic E-state index is 0.0127. The number of halogens is 1. The van der Waals surface area contributed by atoms with Crippen molar-refractivity contribution < 1.29 is 14.4 Å². The Morgan fingerprint density at radius 1 is 1.20 bits per heavy atom. The lowest BCUT2D eigenvalue weighted by Gasteiger charge is -2.31. The molecule has 1 aliphatic rings. The van der Waals surface area contributed by atoms with Gasteiger partial charge in [0, 0.05) is 30.3 Å². The lowest BCUT2D eigenvalue weighted by atomic mass is 9.97. The van der Waals surface area contributed by atoms with Crippen LogP contribution < -0.4 is 10.6 Å². The Bertz CT molecular complexity index is 902. The molecular formula is C20H24ClN5O3S. The SMILES string of the molecule is CCCCNC(=O)[C@@H]1CCCN(C(=O)c2nnc(C(=O)Nc3ccc(Cl)cc3)s2)C1. The van der Waals surface area contributed by atoms with Crippen molar-refractivity contribution in [3.8, 4) is 0 Å². The van der Waals surface area contributed by atoms with Crippen LogP contribution in [0, 0.1) is 5.92 Å². The number of aromatic nitrogens is 2. The van der Waals surface area contributed by atoms with E-state index in [2.05, 4.69) is 27.8 Å². The monoisotopic (exact) mass is 449 g/mol. The number of hydrogen-bond acceptors (Lipinski definition) is 6. The number of nitrogens with zero attached hydrogens (tertiary/aromatic N) is 3. The molecular weight excluding hydrogens is 426 g/mol. The number of nitrogens with one attached hydrogen (secondary N) is 2. The van der Waals surface area contributed by atoms with Crippen LogP contribution in [-0.4, -0.2) is 52.5 Å². The summed E-state index contributed by atoms with van der Waals surface area (Å²) in [6, 6.07) is 6.67. The van der Waals surface area contributed by atoms with E-state index in [1.807, 2.05) is 0 Å². The first kappa shape index (κ1) is 22.2. The standard InChI is InChI=1S/C20H24ClN5O3S/c1-2-3-10-22-16(27)13-5-4-11-26(12-13)20(29)19-25-24-18(30-19)17(28)23-15-8-6-14(21)7-9-15/h6-9,13H,2-5,10-12H2,1H3,(H,22,27)(H,23,28)/t13-/m1/s1. The largest absolute Gasteiger partial charge is 0.356 e. The Hall–Kier alpha value is -2.52. The Kier molecular flexibility index (Phi) is 7.75. The molecule has 1 atom stereocenters. The number of rotatable bonds is 7. The van der Waals surface area contributed by atoms with Crippen molar-refractivity contribution >= 4 is 46.3 Å². The first-order chi connectivity index (χ1) is 14.5. The fourth-order valence-electron chi connectivity index (χ4n) is 3.16. The van der Waals surface area contributed by atoms with Crippen molar-refractivity contribution in [1.29, 1.82) is 0 Å². The zero-order valence-corrected chi connectivity index (χ0v) is 18.3. The number of amides is 3. The highest BCUT2D eigenvalue weighted by Crippen LogP contribution is 2.21. The van der Waals surface area contributed by atoms with Crippen LogP contribution in [0.4, 0.5) is 5.69 Å². The van der Waals surface area contributed by atoms with Crippen molar-refractivity contribution in [1.82, 2.24) is 20.4 Å². The van der Waals surface area contributed by atoms with Gasteiger partial charge in [-0.05, 0) is 43.5 Å². The average Bonchev–Trinajstić information content (AvgIpc) is 3.25. The fraction of sp³-hybridized carbons (Fsp3) is 0.450. The number of anilines is 1. The summed E-state index contributed by atoms with van der Waals surface area (Å²) in [4.78, 5) is 39.1. The van der Waals surface area contributed by atoms with Gasteiger partial charge < -0.3 is 15.5 Å². The second kappa shape index (κ2) is 10.5. The molecule has 10 heteroatoms. The van der Waals surface area contributed by atoms with Crippen LogP contribution >= 0.6 is 22.9 Å². The molecule has 160 valence electrons. The molecule has 2 N–H and O–H groups in total. The van der Waals surface area contributed by atoms with E-state index in [0.29, 0.717) is 30.3 Å². The minimum atomic E-state index is -0.444. The third-order valence-corrected chi connectivity index (χ3v) is 5.98. The van der Waals surface area contributed by atoms with Gasteiger partial charge in [0.05, 0.1) is 5.92 Å². The van der Waals surface area contributed by atoms with Gasteiger partial charge in [0.15, 0.2) is 0 Å². The summed E-state index contributed by atoms with van der Waals surface area (Å²) < 4.78 is 0. The molecule has 1 aromatic heterocycles. The van der Waals surface area contributed by atoms with E-state index in [1.54, 1.807) is 29.2 Å². The second-order valence-corrected chi connectivity index (χ2v) is 8.52. The van der Waals surface area contributed by atoms with Crippen molar-refractivity contribution in [3.63, 3.8) is 0 Å². The number of piperidine rings is 1. The highest BCUT2D eigenvalue weighted by atomic mass is 35.5. The van der Waals surface area contributed by atoms with Crippen molar-refractivity contribution in [2.75, 3.05) is 25.0 Å². The highest BCUT2D eigenvalue weighted by Gasteiger charge is 2.30. The summed E-state index contributed by atoms with van der Waals surface area (Å²) in [7, 11) is 0. The maximum absolute atomic E-state index is 12.8. The van der Waals surface area contributed by atoms with Crippen LogP contribution in [0.1, 0.15) is 52.2 Å². The molecule has 1 aliphatic heterocycles. The Morgan fingerprint density at radius 3 is 2.67 bits per heavy atom. The lowest BCUT2D eigenvalue weighted by Crippen LogP contribution is -2.45. The number of carbonyl (C=O) groups is 3. The molecule has 0 unspecified atom stereocenters. The minimum Gasteiger partial charge on any atom is -0.356 e. The molecule has 3 amide bonds. The Labute approximate surface area is 184 Å². The van der Waals surface area contributed by atoms with Gasteiger partial charge >= 0.3 is 0 Å². The Balaban J connectivity index is 1.59. The molecule has 0 spiro atoms.